The Morgan fingerprint density at radius 3 is 2.69 bits per heavy atom. The molecule has 2 atom stereocenters. The molecule has 7 heteroatoms. The van der Waals surface area contributed by atoms with Gasteiger partial charge in [0.1, 0.15) is 5.82 Å². The van der Waals surface area contributed by atoms with Crippen LogP contribution < -0.4 is 5.32 Å². The molecule has 0 aliphatic heterocycles. The third-order valence-corrected chi connectivity index (χ3v) is 7.07. The first-order valence-electron chi connectivity index (χ1n) is 12.7. The van der Waals surface area contributed by atoms with Crippen LogP contribution in [0.15, 0.2) is 48.7 Å². The molecule has 0 aliphatic carbocycles. The van der Waals surface area contributed by atoms with Crippen LogP contribution in [0.3, 0.4) is 0 Å². The van der Waals surface area contributed by atoms with Gasteiger partial charge in [0.15, 0.2) is 0 Å². The van der Waals surface area contributed by atoms with Gasteiger partial charge >= 0.3 is 8.25 Å². The Bertz CT molecular complexity index is 1110. The van der Waals surface area contributed by atoms with Gasteiger partial charge in [0.05, 0.1) is 12.1 Å². The monoisotopic (exact) mass is 500 g/mol. The molecule has 190 valence electrons. The third kappa shape index (κ3) is 8.22. The fourth-order valence-corrected chi connectivity index (χ4v) is 4.85. The lowest BCUT2D eigenvalue weighted by atomic mass is 9.91. The van der Waals surface area contributed by atoms with Gasteiger partial charge in [-0.2, -0.15) is 0 Å². The molecule has 0 saturated carbocycles. The Morgan fingerprint density at radius 2 is 1.94 bits per heavy atom. The lowest BCUT2D eigenvalue weighted by Crippen LogP contribution is -2.16. The Hall–Kier alpha value is -2.11. The van der Waals surface area contributed by atoms with Crippen molar-refractivity contribution < 1.29 is 18.4 Å². The number of aromatic nitrogens is 1. The summed E-state index contributed by atoms with van der Waals surface area (Å²) in [6.45, 7) is 5.98. The van der Waals surface area contributed by atoms with Crippen molar-refractivity contribution in [2.24, 2.45) is 5.92 Å². The molecule has 0 saturated heterocycles. The van der Waals surface area contributed by atoms with Gasteiger partial charge < -0.3 is 14.7 Å². The van der Waals surface area contributed by atoms with E-state index in [0.717, 1.165) is 52.4 Å². The second-order valence-corrected chi connectivity index (χ2v) is 9.90. The molecule has 3 aromatic rings. The summed E-state index contributed by atoms with van der Waals surface area (Å²) in [5, 5.41) is 4.32. The highest BCUT2D eigenvalue weighted by molar-refractivity contribution is 7.32. The zero-order chi connectivity index (χ0) is 25.0. The highest BCUT2D eigenvalue weighted by Gasteiger charge is 2.13. The van der Waals surface area contributed by atoms with Crippen LogP contribution in [-0.2, 0) is 22.1 Å². The van der Waals surface area contributed by atoms with Crippen LogP contribution in [0.2, 0.25) is 0 Å². The van der Waals surface area contributed by atoms with Crippen molar-refractivity contribution in [2.45, 2.75) is 65.3 Å². The van der Waals surface area contributed by atoms with Gasteiger partial charge in [-0.1, -0.05) is 69.9 Å². The first-order chi connectivity index (χ1) is 17.0. The third-order valence-electron chi connectivity index (χ3n) is 6.62. The normalized spacial score (nSPS) is 13.3. The first-order valence-corrected chi connectivity index (χ1v) is 14.0. The van der Waals surface area contributed by atoms with Gasteiger partial charge in [0, 0.05) is 18.1 Å². The molecule has 35 heavy (non-hydrogen) atoms. The molecule has 0 aliphatic rings. The first kappa shape index (κ1) is 27.5. The van der Waals surface area contributed by atoms with E-state index in [9.17, 15) is 4.57 Å². The molecule has 2 aromatic carbocycles. The summed E-state index contributed by atoms with van der Waals surface area (Å²) < 4.78 is 30.4. The molecule has 0 fully saturated rings. The van der Waals surface area contributed by atoms with Gasteiger partial charge in [-0.05, 0) is 66.1 Å². The van der Waals surface area contributed by atoms with E-state index in [2.05, 4.69) is 24.1 Å². The number of rotatable bonds is 15. The molecule has 3 rings (SSSR count). The van der Waals surface area contributed by atoms with Crippen molar-refractivity contribution in [1.82, 2.24) is 10.3 Å². The number of pyridine rings is 1. The quantitative estimate of drug-likeness (QED) is 0.173. The van der Waals surface area contributed by atoms with Crippen LogP contribution >= 0.6 is 8.25 Å². The molecular formula is C28H38FN2O3P. The summed E-state index contributed by atoms with van der Waals surface area (Å²) in [6, 6.07) is 13.6. The van der Waals surface area contributed by atoms with Crippen molar-refractivity contribution in [3.05, 3.63) is 65.6 Å². The van der Waals surface area contributed by atoms with E-state index >= 15 is 4.39 Å². The molecule has 2 N–H and O–H groups in total. The van der Waals surface area contributed by atoms with Crippen molar-refractivity contribution >= 4 is 19.2 Å². The van der Waals surface area contributed by atoms with E-state index < -0.39 is 8.25 Å². The minimum Gasteiger partial charge on any atom is -0.326 e. The van der Waals surface area contributed by atoms with Crippen molar-refractivity contribution in [3.63, 3.8) is 0 Å². The average molecular weight is 501 g/mol. The summed E-state index contributed by atoms with van der Waals surface area (Å²) in [6.07, 6.45) is 9.06. The number of hydrogen-bond donors (Lipinski definition) is 2. The summed E-state index contributed by atoms with van der Waals surface area (Å²) in [7, 11) is -2.87. The zero-order valence-electron chi connectivity index (χ0n) is 20.9. The largest absolute Gasteiger partial charge is 0.326 e. The Balaban J connectivity index is 1.71. The molecule has 0 radical (unpaired) electrons. The van der Waals surface area contributed by atoms with Crippen LogP contribution in [0.25, 0.3) is 22.0 Å². The standard InChI is InChI=1S/C28H38FN2O3P/c1-3-5-8-21(4-2)10-11-22-12-13-23(19-27(22)29)25-15-14-24(28-26(25)9-6-17-31-28)20-30-16-7-18-34-35(32)33/h6,9,12-15,17,19,21,30,35H,3-5,7-8,10-11,16,18,20H2,1-2H3,(H,32,33). The van der Waals surface area contributed by atoms with Crippen LogP contribution in [0.1, 0.15) is 63.5 Å². The van der Waals surface area contributed by atoms with Crippen molar-refractivity contribution in [2.75, 3.05) is 13.2 Å². The van der Waals surface area contributed by atoms with Crippen molar-refractivity contribution in [1.29, 1.82) is 0 Å². The second-order valence-electron chi connectivity index (χ2n) is 9.08. The summed E-state index contributed by atoms with van der Waals surface area (Å²) in [5.41, 5.74) is 4.56. The van der Waals surface area contributed by atoms with E-state index in [1.54, 1.807) is 12.3 Å². The summed E-state index contributed by atoms with van der Waals surface area (Å²) >= 11 is 0. The van der Waals surface area contributed by atoms with Crippen LogP contribution in [0.4, 0.5) is 4.39 Å². The van der Waals surface area contributed by atoms with Gasteiger partial charge in [-0.15, -0.1) is 0 Å². The minimum atomic E-state index is -2.87. The molecule has 5 nitrogen and oxygen atoms in total. The van der Waals surface area contributed by atoms with Crippen molar-refractivity contribution in [3.8, 4) is 11.1 Å². The Labute approximate surface area is 209 Å². The van der Waals surface area contributed by atoms with Gasteiger partial charge in [0.25, 0.3) is 0 Å². The van der Waals surface area contributed by atoms with E-state index in [0.29, 0.717) is 25.4 Å². The highest BCUT2D eigenvalue weighted by atomic mass is 31.1. The Morgan fingerprint density at radius 1 is 1.11 bits per heavy atom. The zero-order valence-corrected chi connectivity index (χ0v) is 21.9. The maximum absolute atomic E-state index is 15.1. The smallest absolute Gasteiger partial charge is 0.316 e. The summed E-state index contributed by atoms with van der Waals surface area (Å²) in [5.74, 6) is 0.528. The Kier molecular flexibility index (Phi) is 11.3. The van der Waals surface area contributed by atoms with Crippen LogP contribution in [-0.4, -0.2) is 23.0 Å². The van der Waals surface area contributed by atoms with Gasteiger partial charge in [0.2, 0.25) is 0 Å². The molecule has 1 aromatic heterocycles. The molecule has 0 amide bonds. The van der Waals surface area contributed by atoms with Gasteiger partial charge in [-0.3, -0.25) is 9.55 Å². The molecule has 0 spiro atoms. The van der Waals surface area contributed by atoms with E-state index in [-0.39, 0.29) is 12.4 Å². The topological polar surface area (TPSA) is 71.5 Å². The predicted molar refractivity (Wildman–Crippen MR) is 142 cm³/mol. The number of fused-ring (bicyclic) bond motifs is 1. The number of nitrogens with one attached hydrogen (secondary N) is 1. The van der Waals surface area contributed by atoms with E-state index in [1.165, 1.54) is 19.3 Å². The second kappa shape index (κ2) is 14.4. The fourth-order valence-electron chi connectivity index (χ4n) is 4.53. The SMILES string of the molecule is CCCCC(CC)CCc1ccc(-c2ccc(CNCCCO[PH](=O)O)c3ncccc23)cc1F. The minimum absolute atomic E-state index is 0.136. The highest BCUT2D eigenvalue weighted by Crippen LogP contribution is 2.31. The lowest BCUT2D eigenvalue weighted by molar-refractivity contribution is 0.276. The van der Waals surface area contributed by atoms with E-state index in [4.69, 9.17) is 9.42 Å². The summed E-state index contributed by atoms with van der Waals surface area (Å²) in [4.78, 5) is 13.3. The number of hydrogen-bond acceptors (Lipinski definition) is 4. The van der Waals surface area contributed by atoms with Gasteiger partial charge in [-0.25, -0.2) is 4.39 Å². The fraction of sp³-hybridized carbons (Fsp3) is 0.464. The maximum Gasteiger partial charge on any atom is 0.316 e. The molecular weight excluding hydrogens is 462 g/mol. The molecule has 1 heterocycles. The molecule has 0 bridgehead atoms. The number of nitrogens with zero attached hydrogens (tertiary/aromatic N) is 1. The van der Waals surface area contributed by atoms with Crippen LogP contribution in [0, 0.1) is 11.7 Å². The number of benzene rings is 2. The number of halogens is 1. The number of aryl methyl sites for hydroxylation is 1. The van der Waals surface area contributed by atoms with Crippen LogP contribution in [0.5, 0.6) is 0 Å². The lowest BCUT2D eigenvalue weighted by Gasteiger charge is -2.15. The molecule has 2 unspecified atom stereocenters. The average Bonchev–Trinajstić information content (AvgIpc) is 2.86. The predicted octanol–water partition coefficient (Wildman–Crippen LogP) is 7.07. The van der Waals surface area contributed by atoms with E-state index in [1.807, 2.05) is 36.4 Å². The maximum atomic E-state index is 15.1. The number of unbranched alkanes of at least 4 members (excludes halogenated alkanes) is 1.